The van der Waals surface area contributed by atoms with Gasteiger partial charge in [-0.25, -0.2) is 9.69 Å². The van der Waals surface area contributed by atoms with Gasteiger partial charge < -0.3 is 9.47 Å². The van der Waals surface area contributed by atoms with Crippen molar-refractivity contribution < 1.29 is 19.1 Å². The van der Waals surface area contributed by atoms with Gasteiger partial charge in [-0.05, 0) is 36.8 Å². The number of hydrogen-bond donors (Lipinski definition) is 0. The van der Waals surface area contributed by atoms with Crippen molar-refractivity contribution in [2.75, 3.05) is 13.2 Å². The third kappa shape index (κ3) is 6.79. The summed E-state index contributed by atoms with van der Waals surface area (Å²) in [6.45, 7) is 5.28. The molecule has 3 rings (SSSR count). The van der Waals surface area contributed by atoms with Gasteiger partial charge in [0, 0.05) is 12.5 Å². The van der Waals surface area contributed by atoms with Crippen LogP contribution in [0.4, 0.5) is 4.79 Å². The maximum atomic E-state index is 13.2. The Hall–Kier alpha value is -2.92. The Morgan fingerprint density at radius 2 is 1.77 bits per heavy atom. The van der Waals surface area contributed by atoms with E-state index < -0.39 is 6.09 Å². The summed E-state index contributed by atoms with van der Waals surface area (Å²) in [6, 6.07) is 19.7. The van der Waals surface area contributed by atoms with Crippen LogP contribution in [0.5, 0.6) is 0 Å². The van der Waals surface area contributed by atoms with E-state index in [1.165, 1.54) is 4.90 Å². The predicted octanol–water partition coefficient (Wildman–Crippen LogP) is 5.16. The Morgan fingerprint density at radius 3 is 2.45 bits per heavy atom. The molecule has 2 amide bonds. The van der Waals surface area contributed by atoms with E-state index in [0.717, 1.165) is 24.0 Å². The van der Waals surface area contributed by atoms with Gasteiger partial charge in [-0.1, -0.05) is 73.2 Å². The Balaban J connectivity index is 1.48. The summed E-state index contributed by atoms with van der Waals surface area (Å²) >= 11 is 0. The molecule has 2 aromatic rings. The molecule has 2 atom stereocenters. The van der Waals surface area contributed by atoms with Gasteiger partial charge in [0.2, 0.25) is 5.91 Å². The van der Waals surface area contributed by atoms with E-state index >= 15 is 0 Å². The molecule has 0 unspecified atom stereocenters. The molecule has 0 spiro atoms. The van der Waals surface area contributed by atoms with E-state index in [9.17, 15) is 9.59 Å². The van der Waals surface area contributed by atoms with Crippen LogP contribution < -0.4 is 0 Å². The molecule has 5 heteroatoms. The number of hydrogen-bond acceptors (Lipinski definition) is 4. The lowest BCUT2D eigenvalue weighted by atomic mass is 9.95. The minimum atomic E-state index is -0.536. The number of imide groups is 1. The largest absolute Gasteiger partial charge is 0.447 e. The lowest BCUT2D eigenvalue weighted by Crippen LogP contribution is -2.43. The maximum Gasteiger partial charge on any atom is 0.416 e. The first kappa shape index (κ1) is 22.8. The smallest absolute Gasteiger partial charge is 0.416 e. The summed E-state index contributed by atoms with van der Waals surface area (Å²) in [5.74, 6) is -0.427. The molecule has 31 heavy (non-hydrogen) atoms. The lowest BCUT2D eigenvalue weighted by molar-refractivity contribution is -0.133. The van der Waals surface area contributed by atoms with E-state index in [1.807, 2.05) is 60.7 Å². The standard InChI is InChI=1S/C26H31NO4/c1-2-11-23(16-9-10-17-30-19-22-14-7-4-8-15-22)25(28)27-24(20-31-26(27)29)18-21-12-5-3-6-13-21/h2-8,12-15,23-24H,1,9-11,16-20H2/t23-,24-/m0/s1. The van der Waals surface area contributed by atoms with Gasteiger partial charge in [0.05, 0.1) is 12.6 Å². The highest BCUT2D eigenvalue weighted by Crippen LogP contribution is 2.24. The van der Waals surface area contributed by atoms with Crippen molar-refractivity contribution in [2.45, 2.75) is 44.8 Å². The predicted molar refractivity (Wildman–Crippen MR) is 120 cm³/mol. The first-order valence-corrected chi connectivity index (χ1v) is 11.0. The molecule has 0 N–H and O–H groups in total. The number of amides is 2. The highest BCUT2D eigenvalue weighted by atomic mass is 16.6. The molecule has 0 aliphatic carbocycles. The Bertz CT molecular complexity index is 837. The lowest BCUT2D eigenvalue weighted by Gasteiger charge is -2.24. The van der Waals surface area contributed by atoms with Crippen molar-refractivity contribution in [3.05, 3.63) is 84.4 Å². The number of carbonyl (C=O) groups is 2. The van der Waals surface area contributed by atoms with Crippen molar-refractivity contribution in [3.63, 3.8) is 0 Å². The first-order chi connectivity index (χ1) is 15.2. The monoisotopic (exact) mass is 421 g/mol. The van der Waals surface area contributed by atoms with E-state index in [-0.39, 0.29) is 24.5 Å². The Morgan fingerprint density at radius 1 is 1.10 bits per heavy atom. The zero-order valence-electron chi connectivity index (χ0n) is 17.9. The summed E-state index contributed by atoms with van der Waals surface area (Å²) in [4.78, 5) is 26.8. The van der Waals surface area contributed by atoms with E-state index in [2.05, 4.69) is 6.58 Å². The summed E-state index contributed by atoms with van der Waals surface area (Å²) in [5, 5.41) is 0. The number of benzene rings is 2. The molecule has 1 fully saturated rings. The van der Waals surface area contributed by atoms with Gasteiger partial charge in [-0.15, -0.1) is 6.58 Å². The van der Waals surface area contributed by atoms with Crippen LogP contribution in [0, 0.1) is 5.92 Å². The molecule has 5 nitrogen and oxygen atoms in total. The molecule has 1 heterocycles. The summed E-state index contributed by atoms with van der Waals surface area (Å²) in [6.07, 6.45) is 4.78. The van der Waals surface area contributed by atoms with Crippen molar-refractivity contribution >= 4 is 12.0 Å². The number of unbranched alkanes of at least 4 members (excludes halogenated alkanes) is 1. The van der Waals surface area contributed by atoms with Gasteiger partial charge in [0.1, 0.15) is 6.61 Å². The molecular weight excluding hydrogens is 390 g/mol. The second kappa shape index (κ2) is 12.1. The number of nitrogens with zero attached hydrogens (tertiary/aromatic N) is 1. The topological polar surface area (TPSA) is 55.8 Å². The number of ether oxygens (including phenoxy) is 2. The zero-order chi connectivity index (χ0) is 21.9. The van der Waals surface area contributed by atoms with Crippen molar-refractivity contribution in [3.8, 4) is 0 Å². The first-order valence-electron chi connectivity index (χ1n) is 11.0. The Kier molecular flexibility index (Phi) is 8.85. The van der Waals surface area contributed by atoms with Crippen molar-refractivity contribution in [1.29, 1.82) is 0 Å². The van der Waals surface area contributed by atoms with Crippen LogP contribution in [0.25, 0.3) is 0 Å². The molecule has 2 aromatic carbocycles. The summed E-state index contributed by atoms with van der Waals surface area (Å²) < 4.78 is 11.0. The van der Waals surface area contributed by atoms with Gasteiger partial charge in [-0.2, -0.15) is 0 Å². The molecule has 0 bridgehead atoms. The van der Waals surface area contributed by atoms with Crippen molar-refractivity contribution in [2.24, 2.45) is 5.92 Å². The SMILES string of the molecule is C=CC[C@@H](CCCCOCc1ccccc1)C(=O)N1C(=O)OC[C@@H]1Cc1ccccc1. The fraction of sp³-hybridized carbons (Fsp3) is 0.385. The van der Waals surface area contributed by atoms with Crippen LogP contribution >= 0.6 is 0 Å². The highest BCUT2D eigenvalue weighted by molar-refractivity contribution is 5.94. The molecule has 0 radical (unpaired) electrons. The molecule has 0 aromatic heterocycles. The van der Waals surface area contributed by atoms with Crippen LogP contribution in [-0.4, -0.2) is 36.2 Å². The van der Waals surface area contributed by atoms with Crippen molar-refractivity contribution in [1.82, 2.24) is 4.90 Å². The average molecular weight is 422 g/mol. The summed E-state index contributed by atoms with van der Waals surface area (Å²) in [5.41, 5.74) is 2.23. The van der Waals surface area contributed by atoms with Crippen LogP contribution in [-0.2, 0) is 27.3 Å². The molecule has 1 aliphatic rings. The van der Waals surface area contributed by atoms with E-state index in [4.69, 9.17) is 9.47 Å². The maximum absolute atomic E-state index is 13.2. The number of rotatable bonds is 12. The van der Waals surface area contributed by atoms with Gasteiger partial charge in [-0.3, -0.25) is 4.79 Å². The van der Waals surface area contributed by atoms with Gasteiger partial charge in [0.15, 0.2) is 0 Å². The quantitative estimate of drug-likeness (QED) is 0.351. The third-order valence-electron chi connectivity index (χ3n) is 5.52. The van der Waals surface area contributed by atoms with E-state index in [0.29, 0.717) is 32.5 Å². The second-order valence-electron chi connectivity index (χ2n) is 7.88. The summed E-state index contributed by atoms with van der Waals surface area (Å²) in [7, 11) is 0. The molecule has 0 saturated carbocycles. The average Bonchev–Trinajstić information content (AvgIpc) is 3.16. The van der Waals surface area contributed by atoms with E-state index in [1.54, 1.807) is 6.08 Å². The molecule has 164 valence electrons. The van der Waals surface area contributed by atoms with Crippen LogP contribution in [0.2, 0.25) is 0 Å². The molecule has 1 saturated heterocycles. The normalized spacial score (nSPS) is 16.7. The van der Waals surface area contributed by atoms with Crippen LogP contribution in [0.3, 0.4) is 0 Å². The van der Waals surface area contributed by atoms with Crippen LogP contribution in [0.15, 0.2) is 73.3 Å². The Labute approximate surface area is 184 Å². The fourth-order valence-electron chi connectivity index (χ4n) is 3.87. The zero-order valence-corrected chi connectivity index (χ0v) is 17.9. The fourth-order valence-corrected chi connectivity index (χ4v) is 3.87. The second-order valence-corrected chi connectivity index (χ2v) is 7.88. The molecular formula is C26H31NO4. The number of carbonyl (C=O) groups excluding carboxylic acids is 2. The molecule has 1 aliphatic heterocycles. The minimum Gasteiger partial charge on any atom is -0.447 e. The third-order valence-corrected chi connectivity index (χ3v) is 5.52. The number of allylic oxidation sites excluding steroid dienone is 1. The number of cyclic esters (lactones) is 1. The van der Waals surface area contributed by atoms with Gasteiger partial charge in [0.25, 0.3) is 0 Å². The van der Waals surface area contributed by atoms with Crippen LogP contribution in [0.1, 0.15) is 36.8 Å². The minimum absolute atomic E-state index is 0.159. The highest BCUT2D eigenvalue weighted by Gasteiger charge is 2.40. The van der Waals surface area contributed by atoms with Gasteiger partial charge >= 0.3 is 6.09 Å².